The average molecular weight is 392 g/mol. The Bertz CT molecular complexity index is 754. The first-order chi connectivity index (χ1) is 12.7. The highest BCUT2D eigenvalue weighted by Gasteiger charge is 2.66. The van der Waals surface area contributed by atoms with Crippen molar-refractivity contribution in [3.8, 4) is 0 Å². The predicted octanol–water partition coefficient (Wildman–Crippen LogP) is 1.16. The van der Waals surface area contributed by atoms with E-state index in [0.717, 1.165) is 5.56 Å². The Kier molecular flexibility index (Phi) is 5.22. The van der Waals surface area contributed by atoms with Crippen LogP contribution < -0.4 is 0 Å². The van der Waals surface area contributed by atoms with Gasteiger partial charge in [-0.15, -0.1) is 11.8 Å². The van der Waals surface area contributed by atoms with Gasteiger partial charge in [-0.3, -0.25) is 9.59 Å². The van der Waals surface area contributed by atoms with Crippen molar-refractivity contribution < 1.29 is 24.6 Å². The van der Waals surface area contributed by atoms with Crippen LogP contribution in [0.5, 0.6) is 0 Å². The molecular weight excluding hydrogens is 368 g/mol. The van der Waals surface area contributed by atoms with Gasteiger partial charge in [0, 0.05) is 17.8 Å². The van der Waals surface area contributed by atoms with Gasteiger partial charge in [-0.25, -0.2) is 4.79 Å². The average Bonchev–Trinajstić information content (AvgIpc) is 2.87. The molecule has 8 heteroatoms. The van der Waals surface area contributed by atoms with E-state index in [1.54, 1.807) is 13.8 Å². The first-order valence-electron chi connectivity index (χ1n) is 8.92. The quantitative estimate of drug-likeness (QED) is 0.705. The van der Waals surface area contributed by atoms with Crippen molar-refractivity contribution in [3.63, 3.8) is 0 Å². The molecule has 2 aliphatic rings. The Morgan fingerprint density at radius 2 is 1.93 bits per heavy atom. The summed E-state index contributed by atoms with van der Waals surface area (Å²) in [6.07, 6.45) is -1.47. The highest BCUT2D eigenvalue weighted by atomic mass is 32.2. The number of amides is 2. The number of carbonyl (C=O) groups excluding carboxylic acids is 2. The summed E-state index contributed by atoms with van der Waals surface area (Å²) >= 11 is 1.33. The number of fused-ring (bicyclic) bond motifs is 1. The second kappa shape index (κ2) is 7.16. The number of benzene rings is 1. The SMILES string of the molecule is CCN(Cc1ccccc1)C(=O)[C@@H](O)[C@@H]1C(=O)N2[C@@H]1SC(C)(C)[C@@H]2C(=O)O. The van der Waals surface area contributed by atoms with E-state index < -0.39 is 46.0 Å². The van der Waals surface area contributed by atoms with Crippen LogP contribution >= 0.6 is 11.8 Å². The van der Waals surface area contributed by atoms with E-state index in [4.69, 9.17) is 0 Å². The minimum absolute atomic E-state index is 0.346. The third-order valence-electron chi connectivity index (χ3n) is 5.22. The number of aliphatic hydroxyl groups is 1. The van der Waals surface area contributed by atoms with Gasteiger partial charge in [0.05, 0.1) is 5.37 Å². The van der Waals surface area contributed by atoms with E-state index in [1.807, 2.05) is 37.3 Å². The topological polar surface area (TPSA) is 98.2 Å². The molecule has 146 valence electrons. The van der Waals surface area contributed by atoms with Crippen molar-refractivity contribution in [1.29, 1.82) is 0 Å². The summed E-state index contributed by atoms with van der Waals surface area (Å²) in [5.74, 6) is -2.95. The third-order valence-corrected chi connectivity index (χ3v) is 6.81. The molecule has 2 heterocycles. The van der Waals surface area contributed by atoms with E-state index in [2.05, 4.69) is 0 Å². The Balaban J connectivity index is 1.74. The highest BCUT2D eigenvalue weighted by Crippen LogP contribution is 2.54. The number of likely N-dealkylation sites (N-methyl/N-ethyl adjacent to an activating group) is 1. The second-order valence-corrected chi connectivity index (χ2v) is 9.18. The predicted molar refractivity (Wildman–Crippen MR) is 101 cm³/mol. The summed E-state index contributed by atoms with van der Waals surface area (Å²) < 4.78 is -0.682. The van der Waals surface area contributed by atoms with Crippen LogP contribution in [0.4, 0.5) is 0 Å². The number of nitrogens with zero attached hydrogens (tertiary/aromatic N) is 2. The first kappa shape index (κ1) is 19.7. The maximum absolute atomic E-state index is 12.8. The van der Waals surface area contributed by atoms with E-state index in [-0.39, 0.29) is 0 Å². The molecule has 0 spiro atoms. The van der Waals surface area contributed by atoms with Gasteiger partial charge in [0.25, 0.3) is 5.91 Å². The van der Waals surface area contributed by atoms with Gasteiger partial charge in [0.2, 0.25) is 5.91 Å². The van der Waals surface area contributed by atoms with E-state index >= 15 is 0 Å². The summed E-state index contributed by atoms with van der Waals surface area (Å²) in [6.45, 7) is 6.09. The molecule has 0 aliphatic carbocycles. The van der Waals surface area contributed by atoms with Crippen molar-refractivity contribution in [2.24, 2.45) is 5.92 Å². The number of carboxylic acids is 1. The molecule has 4 atom stereocenters. The molecule has 2 saturated heterocycles. The fourth-order valence-electron chi connectivity index (χ4n) is 3.82. The van der Waals surface area contributed by atoms with Gasteiger partial charge in [0.1, 0.15) is 18.1 Å². The van der Waals surface area contributed by atoms with Gasteiger partial charge < -0.3 is 20.0 Å². The van der Waals surface area contributed by atoms with Crippen LogP contribution in [0.15, 0.2) is 30.3 Å². The Hall–Kier alpha value is -2.06. The Labute approximate surface area is 162 Å². The normalized spacial score (nSPS) is 26.9. The smallest absolute Gasteiger partial charge is 0.327 e. The van der Waals surface area contributed by atoms with E-state index in [1.165, 1.54) is 21.6 Å². The van der Waals surface area contributed by atoms with Crippen LogP contribution in [-0.2, 0) is 20.9 Å². The fraction of sp³-hybridized carbons (Fsp3) is 0.526. The molecule has 0 aromatic heterocycles. The zero-order valence-electron chi connectivity index (χ0n) is 15.5. The van der Waals surface area contributed by atoms with Gasteiger partial charge in [-0.2, -0.15) is 0 Å². The van der Waals surface area contributed by atoms with Crippen molar-refractivity contribution in [2.45, 2.75) is 49.6 Å². The van der Waals surface area contributed by atoms with Gasteiger partial charge in [-0.1, -0.05) is 30.3 Å². The molecule has 1 aromatic carbocycles. The lowest BCUT2D eigenvalue weighted by molar-refractivity contribution is -0.173. The van der Waals surface area contributed by atoms with Crippen molar-refractivity contribution in [3.05, 3.63) is 35.9 Å². The Morgan fingerprint density at radius 1 is 1.30 bits per heavy atom. The van der Waals surface area contributed by atoms with Crippen molar-refractivity contribution >= 4 is 29.5 Å². The minimum atomic E-state index is -1.47. The lowest BCUT2D eigenvalue weighted by Crippen LogP contribution is -2.67. The van der Waals surface area contributed by atoms with Gasteiger partial charge in [0.15, 0.2) is 0 Å². The molecule has 0 unspecified atom stereocenters. The first-order valence-corrected chi connectivity index (χ1v) is 9.80. The summed E-state index contributed by atoms with van der Waals surface area (Å²) in [6, 6.07) is 8.47. The molecule has 2 aliphatic heterocycles. The van der Waals surface area contributed by atoms with Gasteiger partial charge >= 0.3 is 5.97 Å². The monoisotopic (exact) mass is 392 g/mol. The Morgan fingerprint density at radius 3 is 2.48 bits per heavy atom. The van der Waals surface area contributed by atoms with Crippen molar-refractivity contribution in [1.82, 2.24) is 9.80 Å². The molecular formula is C19H24N2O5S. The van der Waals surface area contributed by atoms with E-state index in [0.29, 0.717) is 13.1 Å². The molecule has 0 radical (unpaired) electrons. The molecule has 2 amide bonds. The highest BCUT2D eigenvalue weighted by molar-refractivity contribution is 8.01. The summed E-state index contributed by atoms with van der Waals surface area (Å²) in [4.78, 5) is 39.8. The number of rotatable bonds is 6. The summed E-state index contributed by atoms with van der Waals surface area (Å²) in [5.41, 5.74) is 0.934. The van der Waals surface area contributed by atoms with Crippen LogP contribution in [0, 0.1) is 5.92 Å². The van der Waals surface area contributed by atoms with Gasteiger partial charge in [-0.05, 0) is 26.3 Å². The molecule has 2 fully saturated rings. The van der Waals surface area contributed by atoms with Crippen LogP contribution in [-0.4, -0.2) is 66.6 Å². The maximum atomic E-state index is 12.8. The number of carbonyl (C=O) groups is 3. The van der Waals surface area contributed by atoms with Crippen LogP contribution in [0.2, 0.25) is 0 Å². The van der Waals surface area contributed by atoms with Crippen LogP contribution in [0.3, 0.4) is 0 Å². The number of β-lactam (4-membered cyclic amide) rings is 1. The fourth-order valence-corrected chi connectivity index (χ4v) is 5.54. The van der Waals surface area contributed by atoms with E-state index in [9.17, 15) is 24.6 Å². The van der Waals surface area contributed by atoms with Crippen LogP contribution in [0.1, 0.15) is 26.3 Å². The molecule has 2 N–H and O–H groups in total. The third kappa shape index (κ3) is 3.32. The lowest BCUT2D eigenvalue weighted by atomic mass is 9.87. The number of thioether (sulfide) groups is 1. The molecule has 0 saturated carbocycles. The maximum Gasteiger partial charge on any atom is 0.327 e. The molecule has 7 nitrogen and oxygen atoms in total. The van der Waals surface area contributed by atoms with Crippen molar-refractivity contribution in [2.75, 3.05) is 6.54 Å². The number of hydrogen-bond acceptors (Lipinski definition) is 5. The molecule has 3 rings (SSSR count). The van der Waals surface area contributed by atoms with Crippen LogP contribution in [0.25, 0.3) is 0 Å². The molecule has 0 bridgehead atoms. The zero-order valence-corrected chi connectivity index (χ0v) is 16.3. The number of aliphatic hydroxyl groups excluding tert-OH is 1. The number of carboxylic acid groups (broad SMARTS) is 1. The standard InChI is InChI=1S/C19H24N2O5S/c1-4-20(10-11-8-6-5-7-9-11)16(24)13(22)12-15(23)21-14(18(25)26)19(2,3)27-17(12)21/h5-9,12-14,17,22H,4,10H2,1-3H3,(H,25,26)/t12-,13+,14+,17-/m1/s1. The number of hydrogen-bond donors (Lipinski definition) is 2. The molecule has 1 aromatic rings. The zero-order chi connectivity index (χ0) is 19.9. The minimum Gasteiger partial charge on any atom is -0.480 e. The second-order valence-electron chi connectivity index (χ2n) is 7.41. The summed E-state index contributed by atoms with van der Waals surface area (Å²) in [7, 11) is 0. The number of aliphatic carboxylic acids is 1. The largest absolute Gasteiger partial charge is 0.480 e. The summed E-state index contributed by atoms with van der Waals surface area (Å²) in [5, 5.41) is 19.6. The molecule has 27 heavy (non-hydrogen) atoms. The lowest BCUT2D eigenvalue weighted by Gasteiger charge is -2.45.